The lowest BCUT2D eigenvalue weighted by Gasteiger charge is -2.16. The predicted octanol–water partition coefficient (Wildman–Crippen LogP) is 5.55. The molecule has 0 aromatic heterocycles. The van der Waals surface area contributed by atoms with Crippen molar-refractivity contribution in [2.45, 2.75) is 77.0 Å². The maximum absolute atomic E-state index is 3.76. The summed E-state index contributed by atoms with van der Waals surface area (Å²) in [5.41, 5.74) is 0. The highest BCUT2D eigenvalue weighted by atomic mass is 79.9. The largest absolute Gasteiger partial charge is 0.0891 e. The maximum atomic E-state index is 3.76. The molecule has 0 saturated heterocycles. The summed E-state index contributed by atoms with van der Waals surface area (Å²) < 4.78 is 0. The van der Waals surface area contributed by atoms with Crippen molar-refractivity contribution < 1.29 is 0 Å². The Kier molecular flexibility index (Phi) is 10.4. The first-order chi connectivity index (χ1) is 6.74. The highest BCUT2D eigenvalue weighted by molar-refractivity contribution is 9.09. The number of hydrogen-bond acceptors (Lipinski definition) is 0. The standard InChI is InChI=1S/C13H27Br/c1-4-7-9-12(6-3)10-11-13(14)8-5-2/h12-13H,4-11H2,1-3H3. The third kappa shape index (κ3) is 7.84. The van der Waals surface area contributed by atoms with Crippen LogP contribution < -0.4 is 0 Å². The van der Waals surface area contributed by atoms with E-state index in [1.165, 1.54) is 51.4 Å². The highest BCUT2D eigenvalue weighted by Crippen LogP contribution is 2.23. The van der Waals surface area contributed by atoms with Crippen LogP contribution in [-0.2, 0) is 0 Å². The quantitative estimate of drug-likeness (QED) is 0.479. The number of unbranched alkanes of at least 4 members (excludes halogenated alkanes) is 1. The van der Waals surface area contributed by atoms with Gasteiger partial charge in [0.05, 0.1) is 0 Å². The predicted molar refractivity (Wildman–Crippen MR) is 70.2 cm³/mol. The molecule has 0 aromatic carbocycles. The number of hydrogen-bond donors (Lipinski definition) is 0. The average Bonchev–Trinajstić information content (AvgIpc) is 2.19. The van der Waals surface area contributed by atoms with Crippen LogP contribution >= 0.6 is 15.9 Å². The van der Waals surface area contributed by atoms with Crippen molar-refractivity contribution in [3.63, 3.8) is 0 Å². The van der Waals surface area contributed by atoms with Gasteiger partial charge in [0.1, 0.15) is 0 Å². The fraction of sp³-hybridized carbons (Fsp3) is 1.00. The van der Waals surface area contributed by atoms with Gasteiger partial charge in [-0.1, -0.05) is 68.8 Å². The second-order valence-corrected chi connectivity index (χ2v) is 5.67. The average molecular weight is 263 g/mol. The van der Waals surface area contributed by atoms with Crippen LogP contribution in [0, 0.1) is 5.92 Å². The smallest absolute Gasteiger partial charge is 0.0145 e. The molecule has 0 bridgehead atoms. The molecule has 0 saturated carbocycles. The summed E-state index contributed by atoms with van der Waals surface area (Å²) in [7, 11) is 0. The summed E-state index contributed by atoms with van der Waals surface area (Å²) in [4.78, 5) is 0.767. The molecular formula is C13H27Br. The third-order valence-corrected chi connectivity index (χ3v) is 3.95. The zero-order valence-corrected chi connectivity index (χ0v) is 11.8. The Bertz CT molecular complexity index is 112. The van der Waals surface area contributed by atoms with Crippen molar-refractivity contribution >= 4 is 15.9 Å². The van der Waals surface area contributed by atoms with Gasteiger partial charge in [-0.2, -0.15) is 0 Å². The van der Waals surface area contributed by atoms with Crippen LogP contribution in [-0.4, -0.2) is 4.83 Å². The van der Waals surface area contributed by atoms with E-state index in [9.17, 15) is 0 Å². The molecule has 14 heavy (non-hydrogen) atoms. The van der Waals surface area contributed by atoms with Crippen LogP contribution in [0.15, 0.2) is 0 Å². The van der Waals surface area contributed by atoms with Gasteiger partial charge in [0.15, 0.2) is 0 Å². The fourth-order valence-electron chi connectivity index (χ4n) is 1.92. The third-order valence-electron chi connectivity index (χ3n) is 3.03. The molecule has 1 heteroatoms. The fourth-order valence-corrected chi connectivity index (χ4v) is 2.64. The van der Waals surface area contributed by atoms with Gasteiger partial charge in [0, 0.05) is 4.83 Å². The van der Waals surface area contributed by atoms with Crippen LogP contribution in [0.1, 0.15) is 72.1 Å². The zero-order chi connectivity index (χ0) is 10.8. The molecule has 86 valence electrons. The van der Waals surface area contributed by atoms with Crippen LogP contribution in [0.5, 0.6) is 0 Å². The van der Waals surface area contributed by atoms with Crippen molar-refractivity contribution in [2.24, 2.45) is 5.92 Å². The Balaban J connectivity index is 3.50. The summed E-state index contributed by atoms with van der Waals surface area (Å²) in [6, 6.07) is 0. The molecule has 0 nitrogen and oxygen atoms in total. The maximum Gasteiger partial charge on any atom is 0.0145 e. The van der Waals surface area contributed by atoms with E-state index >= 15 is 0 Å². The first kappa shape index (κ1) is 14.5. The molecule has 0 radical (unpaired) electrons. The van der Waals surface area contributed by atoms with Gasteiger partial charge in [-0.25, -0.2) is 0 Å². The molecule has 0 spiro atoms. The molecule has 0 aliphatic heterocycles. The van der Waals surface area contributed by atoms with Crippen LogP contribution in [0.4, 0.5) is 0 Å². The summed E-state index contributed by atoms with van der Waals surface area (Å²) >= 11 is 3.76. The van der Waals surface area contributed by atoms with Crippen molar-refractivity contribution in [1.29, 1.82) is 0 Å². The van der Waals surface area contributed by atoms with Gasteiger partial charge >= 0.3 is 0 Å². The minimum Gasteiger partial charge on any atom is -0.0891 e. The molecule has 0 heterocycles. The molecule has 0 fully saturated rings. The van der Waals surface area contributed by atoms with Gasteiger partial charge in [0.2, 0.25) is 0 Å². The molecule has 0 aliphatic rings. The molecule has 0 amide bonds. The molecule has 0 aliphatic carbocycles. The summed E-state index contributed by atoms with van der Waals surface area (Å²) in [6.45, 7) is 6.89. The Morgan fingerprint density at radius 3 is 2.07 bits per heavy atom. The van der Waals surface area contributed by atoms with E-state index in [1.807, 2.05) is 0 Å². The molecule has 2 atom stereocenters. The molecule has 2 unspecified atom stereocenters. The Labute approximate surface area is 99.0 Å². The van der Waals surface area contributed by atoms with E-state index in [0.29, 0.717) is 0 Å². The zero-order valence-electron chi connectivity index (χ0n) is 10.2. The molecular weight excluding hydrogens is 236 g/mol. The van der Waals surface area contributed by atoms with Gasteiger partial charge in [-0.05, 0) is 25.2 Å². The van der Waals surface area contributed by atoms with Gasteiger partial charge in [-0.3, -0.25) is 0 Å². The van der Waals surface area contributed by atoms with E-state index in [-0.39, 0.29) is 0 Å². The van der Waals surface area contributed by atoms with E-state index in [4.69, 9.17) is 0 Å². The Hall–Kier alpha value is 0.480. The van der Waals surface area contributed by atoms with E-state index < -0.39 is 0 Å². The Morgan fingerprint density at radius 2 is 1.57 bits per heavy atom. The lowest BCUT2D eigenvalue weighted by Crippen LogP contribution is -2.04. The SMILES string of the molecule is CCCCC(CC)CCC(Br)CCC. The first-order valence-electron chi connectivity index (χ1n) is 6.38. The molecule has 0 rings (SSSR count). The normalized spacial score (nSPS) is 15.4. The van der Waals surface area contributed by atoms with Crippen molar-refractivity contribution in [3.8, 4) is 0 Å². The number of alkyl halides is 1. The van der Waals surface area contributed by atoms with E-state index in [0.717, 1.165) is 10.7 Å². The highest BCUT2D eigenvalue weighted by Gasteiger charge is 2.09. The van der Waals surface area contributed by atoms with Crippen molar-refractivity contribution in [1.82, 2.24) is 0 Å². The van der Waals surface area contributed by atoms with Crippen LogP contribution in [0.3, 0.4) is 0 Å². The van der Waals surface area contributed by atoms with Crippen molar-refractivity contribution in [3.05, 3.63) is 0 Å². The lowest BCUT2D eigenvalue weighted by molar-refractivity contribution is 0.405. The number of rotatable bonds is 9. The van der Waals surface area contributed by atoms with E-state index in [1.54, 1.807) is 0 Å². The van der Waals surface area contributed by atoms with Crippen LogP contribution in [0.25, 0.3) is 0 Å². The summed E-state index contributed by atoms with van der Waals surface area (Å²) in [6.07, 6.45) is 11.0. The summed E-state index contributed by atoms with van der Waals surface area (Å²) in [5.74, 6) is 0.979. The van der Waals surface area contributed by atoms with Crippen molar-refractivity contribution in [2.75, 3.05) is 0 Å². The topological polar surface area (TPSA) is 0 Å². The van der Waals surface area contributed by atoms with Gasteiger partial charge in [0.25, 0.3) is 0 Å². The minimum absolute atomic E-state index is 0.767. The second-order valence-electron chi connectivity index (χ2n) is 4.38. The molecule has 0 N–H and O–H groups in total. The second kappa shape index (κ2) is 10.0. The van der Waals surface area contributed by atoms with Crippen LogP contribution in [0.2, 0.25) is 0 Å². The van der Waals surface area contributed by atoms with Gasteiger partial charge in [-0.15, -0.1) is 0 Å². The summed E-state index contributed by atoms with van der Waals surface area (Å²) in [5, 5.41) is 0. The first-order valence-corrected chi connectivity index (χ1v) is 7.30. The minimum atomic E-state index is 0.767. The van der Waals surface area contributed by atoms with E-state index in [2.05, 4.69) is 36.7 Å². The molecule has 0 aromatic rings. The van der Waals surface area contributed by atoms with Gasteiger partial charge < -0.3 is 0 Å². The Morgan fingerprint density at radius 1 is 0.857 bits per heavy atom. The number of halogens is 1. The monoisotopic (exact) mass is 262 g/mol. The lowest BCUT2D eigenvalue weighted by atomic mass is 9.93.